The van der Waals surface area contributed by atoms with Crippen LogP contribution in [-0.4, -0.2) is 58.9 Å². The predicted octanol–water partition coefficient (Wildman–Crippen LogP) is 6.98. The summed E-state index contributed by atoms with van der Waals surface area (Å²) in [6, 6.07) is 0. The quantitative estimate of drug-likeness (QED) is 0.193. The smallest absolute Gasteiger partial charge is 0.306 e. The Morgan fingerprint density at radius 2 is 1.40 bits per heavy atom. The second-order valence-electron chi connectivity index (χ2n) is 12.7. The molecule has 6 nitrogen and oxygen atoms in total. The van der Waals surface area contributed by atoms with Crippen molar-refractivity contribution in [2.24, 2.45) is 5.92 Å². The molecule has 35 heavy (non-hydrogen) atoms. The van der Waals surface area contributed by atoms with Gasteiger partial charge in [-0.25, -0.2) is 0 Å². The zero-order chi connectivity index (χ0) is 28.0. The van der Waals surface area contributed by atoms with Crippen LogP contribution in [0, 0.1) is 5.92 Å². The average Bonchev–Trinajstić information content (AvgIpc) is 2.65. The third-order valence-corrected chi connectivity index (χ3v) is 16.7. The lowest BCUT2D eigenvalue weighted by Gasteiger charge is -2.41. The molecule has 4 atom stereocenters. The van der Waals surface area contributed by atoms with E-state index in [-0.39, 0.29) is 40.7 Å². The molecule has 0 spiro atoms. The molecular weight excluding hydrogens is 476 g/mol. The van der Waals surface area contributed by atoms with Crippen LogP contribution in [-0.2, 0) is 23.2 Å². The summed E-state index contributed by atoms with van der Waals surface area (Å²) in [5.41, 5.74) is 0.855. The van der Waals surface area contributed by atoms with Crippen molar-refractivity contribution in [3.63, 3.8) is 0 Å². The molecule has 0 saturated heterocycles. The Morgan fingerprint density at radius 3 is 1.77 bits per heavy atom. The van der Waals surface area contributed by atoms with Gasteiger partial charge in [-0.05, 0) is 54.7 Å². The lowest BCUT2D eigenvalue weighted by Crippen LogP contribution is -2.46. The summed E-state index contributed by atoms with van der Waals surface area (Å²) in [5.74, 6) is -1.11. The van der Waals surface area contributed by atoms with Gasteiger partial charge in [-0.3, -0.25) is 9.59 Å². The lowest BCUT2D eigenvalue weighted by atomic mass is 9.94. The number of ether oxygens (including phenoxy) is 1. The predicted molar refractivity (Wildman–Crippen MR) is 150 cm³/mol. The van der Waals surface area contributed by atoms with E-state index < -0.39 is 34.8 Å². The Labute approximate surface area is 216 Å². The number of Topliss-reactive ketones (excluding diaryl/α,β-unsaturated/α-hetero) is 1. The fourth-order valence-corrected chi connectivity index (χ4v) is 5.92. The van der Waals surface area contributed by atoms with Crippen molar-refractivity contribution in [3.05, 3.63) is 24.3 Å². The molecule has 0 aromatic carbocycles. The SMILES string of the molecule is C=C[C@@H](OC)C(=O)C[C@H](O[Si](C)(C)C(C)(C)C)[C@@H](C)/C=C(\C)[C@H](CC(=O)O)O[Si](C)(C)C(C)(C)C. The minimum atomic E-state index is -2.20. The summed E-state index contributed by atoms with van der Waals surface area (Å²) < 4.78 is 18.5. The number of carboxylic acid groups (broad SMARTS) is 1. The van der Waals surface area contributed by atoms with Crippen LogP contribution in [0.15, 0.2) is 24.3 Å². The standard InChI is InChI=1S/C27H52O6Si2/c1-15-22(31-10)21(28)17-23(32-34(11,12)26(4,5)6)19(2)16-20(3)24(18-25(29)30)33-35(13,14)27(7,8)9/h15-16,19,22-24H,1,17-18H2,2-14H3,(H,29,30)/b20-16+/t19-,22+,23-,24-/m0/s1. The van der Waals surface area contributed by atoms with E-state index in [1.807, 2.05) is 19.9 Å². The maximum Gasteiger partial charge on any atom is 0.306 e. The van der Waals surface area contributed by atoms with Gasteiger partial charge < -0.3 is 18.7 Å². The number of ketones is 1. The van der Waals surface area contributed by atoms with Crippen LogP contribution in [0.3, 0.4) is 0 Å². The maximum atomic E-state index is 12.9. The van der Waals surface area contributed by atoms with Gasteiger partial charge in [-0.1, -0.05) is 60.6 Å². The number of aliphatic carboxylic acids is 1. The number of methoxy groups -OCH3 is 1. The van der Waals surface area contributed by atoms with Crippen molar-refractivity contribution >= 4 is 28.4 Å². The molecule has 0 heterocycles. The minimum Gasteiger partial charge on any atom is -0.481 e. The molecule has 0 fully saturated rings. The summed E-state index contributed by atoms with van der Waals surface area (Å²) in [7, 11) is -2.89. The molecule has 0 aromatic rings. The molecule has 0 bridgehead atoms. The van der Waals surface area contributed by atoms with Gasteiger partial charge in [0.1, 0.15) is 6.10 Å². The molecule has 0 aliphatic carbocycles. The number of carboxylic acids is 1. The van der Waals surface area contributed by atoms with Crippen molar-refractivity contribution < 1.29 is 28.3 Å². The molecule has 8 heteroatoms. The van der Waals surface area contributed by atoms with E-state index in [0.717, 1.165) is 5.57 Å². The Bertz CT molecular complexity index is 759. The second kappa shape index (κ2) is 12.9. The summed E-state index contributed by atoms with van der Waals surface area (Å²) in [6.45, 7) is 29.2. The van der Waals surface area contributed by atoms with Gasteiger partial charge in [0.05, 0.1) is 18.6 Å². The highest BCUT2D eigenvalue weighted by Gasteiger charge is 2.42. The number of hydrogen-bond acceptors (Lipinski definition) is 5. The van der Waals surface area contributed by atoms with Crippen LogP contribution in [0.4, 0.5) is 0 Å². The number of carbonyl (C=O) groups is 2. The zero-order valence-corrected chi connectivity index (χ0v) is 26.6. The minimum absolute atomic E-state index is 0.0246. The number of hydrogen-bond donors (Lipinski definition) is 1. The summed E-state index contributed by atoms with van der Waals surface area (Å²) >= 11 is 0. The molecule has 0 amide bonds. The van der Waals surface area contributed by atoms with Crippen molar-refractivity contribution in [2.45, 2.75) is 123 Å². The highest BCUT2D eigenvalue weighted by Crippen LogP contribution is 2.40. The van der Waals surface area contributed by atoms with Crippen LogP contribution in [0.25, 0.3) is 0 Å². The molecule has 0 rings (SSSR count). The van der Waals surface area contributed by atoms with E-state index in [1.165, 1.54) is 13.2 Å². The van der Waals surface area contributed by atoms with E-state index in [9.17, 15) is 14.7 Å². The van der Waals surface area contributed by atoms with E-state index in [1.54, 1.807) is 0 Å². The number of carbonyl (C=O) groups excluding carboxylic acids is 1. The summed E-state index contributed by atoms with van der Waals surface area (Å²) in [5, 5.41) is 9.50. The van der Waals surface area contributed by atoms with Crippen LogP contribution in [0.5, 0.6) is 0 Å². The third-order valence-electron chi connectivity index (χ3n) is 7.66. The molecule has 0 saturated carbocycles. The van der Waals surface area contributed by atoms with E-state index in [0.29, 0.717) is 0 Å². The van der Waals surface area contributed by atoms with E-state index in [2.05, 4.69) is 74.3 Å². The fraction of sp³-hybridized carbons (Fsp3) is 0.778. The van der Waals surface area contributed by atoms with Crippen LogP contribution < -0.4 is 0 Å². The Balaban J connectivity index is 6.20. The first-order chi connectivity index (χ1) is 15.6. The van der Waals surface area contributed by atoms with Crippen molar-refractivity contribution in [1.82, 2.24) is 0 Å². The molecule has 0 unspecified atom stereocenters. The molecule has 0 aliphatic heterocycles. The molecule has 0 radical (unpaired) electrons. The van der Waals surface area contributed by atoms with Gasteiger partial charge in [0.25, 0.3) is 0 Å². The Hall–Kier alpha value is -1.07. The maximum absolute atomic E-state index is 12.9. The highest BCUT2D eigenvalue weighted by atomic mass is 28.4. The first kappa shape index (κ1) is 33.9. The molecule has 1 N–H and O–H groups in total. The largest absolute Gasteiger partial charge is 0.481 e. The topological polar surface area (TPSA) is 82.1 Å². The molecule has 204 valence electrons. The number of rotatable bonds is 14. The molecule has 0 aromatic heterocycles. The van der Waals surface area contributed by atoms with Crippen LogP contribution in [0.1, 0.15) is 68.2 Å². The van der Waals surface area contributed by atoms with Crippen LogP contribution >= 0.6 is 0 Å². The highest BCUT2D eigenvalue weighted by molar-refractivity contribution is 6.74. The van der Waals surface area contributed by atoms with Crippen molar-refractivity contribution in [2.75, 3.05) is 7.11 Å². The first-order valence-electron chi connectivity index (χ1n) is 12.5. The first-order valence-corrected chi connectivity index (χ1v) is 18.3. The monoisotopic (exact) mass is 528 g/mol. The van der Waals surface area contributed by atoms with Gasteiger partial charge >= 0.3 is 5.97 Å². The van der Waals surface area contributed by atoms with Gasteiger partial charge in [0, 0.05) is 13.5 Å². The van der Waals surface area contributed by atoms with Crippen LogP contribution in [0.2, 0.25) is 36.3 Å². The summed E-state index contributed by atoms with van der Waals surface area (Å²) in [6.07, 6.45) is 2.05. The Kier molecular flexibility index (Phi) is 12.6. The van der Waals surface area contributed by atoms with E-state index in [4.69, 9.17) is 13.6 Å². The Morgan fingerprint density at radius 1 is 0.943 bits per heavy atom. The normalized spacial score (nSPS) is 17.5. The van der Waals surface area contributed by atoms with Gasteiger partial charge in [0.15, 0.2) is 22.4 Å². The second-order valence-corrected chi connectivity index (χ2v) is 22.2. The average molecular weight is 529 g/mol. The van der Waals surface area contributed by atoms with Gasteiger partial charge in [0.2, 0.25) is 0 Å². The zero-order valence-electron chi connectivity index (χ0n) is 24.6. The fourth-order valence-electron chi connectivity index (χ4n) is 3.18. The molecular formula is C27H52O6Si2. The molecule has 0 aliphatic rings. The van der Waals surface area contributed by atoms with Crippen molar-refractivity contribution in [1.29, 1.82) is 0 Å². The van der Waals surface area contributed by atoms with E-state index >= 15 is 0 Å². The summed E-state index contributed by atoms with van der Waals surface area (Å²) in [4.78, 5) is 24.6. The van der Waals surface area contributed by atoms with Gasteiger partial charge in [-0.2, -0.15) is 0 Å². The van der Waals surface area contributed by atoms with Crippen molar-refractivity contribution in [3.8, 4) is 0 Å². The third kappa shape index (κ3) is 10.4. The lowest BCUT2D eigenvalue weighted by molar-refractivity contribution is -0.138. The van der Waals surface area contributed by atoms with Gasteiger partial charge in [-0.15, -0.1) is 6.58 Å².